The fourth-order valence-electron chi connectivity index (χ4n) is 5.51. The van der Waals surface area contributed by atoms with Crippen molar-refractivity contribution < 1.29 is 49.3 Å². The largest absolute Gasteiger partial charge is 0.394 e. The first kappa shape index (κ1) is 33.4. The Bertz CT molecular complexity index is 799. The van der Waals surface area contributed by atoms with Crippen LogP contribution in [0.4, 0.5) is 0 Å². The number of likely N-dealkylation sites (N-methyl/N-ethyl adjacent to an activating group) is 1. The summed E-state index contributed by atoms with van der Waals surface area (Å²) in [5, 5.41) is 60.0. The number of amides is 1. The topological polar surface area (TPSA) is 269 Å². The molecule has 1 saturated carbocycles. The third-order valence-electron chi connectivity index (χ3n) is 7.73. The highest BCUT2D eigenvalue weighted by Crippen LogP contribution is 2.32. The SMILES string of the molecule is CN[C@@H]1[C@@H](O)[C@@H](O[C@@H]2[C@@H](O)[C@H](O[C@H]3O[C@H](CNCC(O)CO)CC[C@H]3N)[C@@H](N)C[C@H]2NC(=O)CN)OC[C@]1(C)O. The first-order valence-corrected chi connectivity index (χ1v) is 13.8. The average molecular weight is 581 g/mol. The van der Waals surface area contributed by atoms with Gasteiger partial charge in [0.1, 0.15) is 30.0 Å². The Morgan fingerprint density at radius 1 is 1.12 bits per heavy atom. The van der Waals surface area contributed by atoms with Crippen LogP contribution >= 0.6 is 0 Å². The zero-order chi connectivity index (χ0) is 29.6. The van der Waals surface area contributed by atoms with E-state index in [4.69, 9.17) is 41.3 Å². The molecule has 16 heteroatoms. The van der Waals surface area contributed by atoms with Crippen molar-refractivity contribution in [2.45, 2.75) is 105 Å². The summed E-state index contributed by atoms with van der Waals surface area (Å²) in [6, 6.07) is -2.84. The van der Waals surface area contributed by atoms with Crippen LogP contribution in [0.25, 0.3) is 0 Å². The number of ether oxygens (including phenoxy) is 4. The molecule has 2 saturated heterocycles. The predicted molar refractivity (Wildman–Crippen MR) is 140 cm³/mol. The van der Waals surface area contributed by atoms with E-state index >= 15 is 0 Å². The number of nitrogens with one attached hydrogen (secondary N) is 3. The molecule has 14 N–H and O–H groups in total. The molecule has 1 unspecified atom stereocenters. The first-order valence-electron chi connectivity index (χ1n) is 13.8. The number of rotatable bonds is 12. The molecule has 3 aliphatic rings. The molecule has 0 radical (unpaired) electrons. The van der Waals surface area contributed by atoms with Crippen molar-refractivity contribution in [3.8, 4) is 0 Å². The van der Waals surface area contributed by atoms with Gasteiger partial charge in [-0.3, -0.25) is 4.79 Å². The average Bonchev–Trinajstić information content (AvgIpc) is 2.91. The molecule has 0 spiro atoms. The van der Waals surface area contributed by atoms with Crippen LogP contribution in [0.1, 0.15) is 26.2 Å². The van der Waals surface area contributed by atoms with Crippen molar-refractivity contribution in [1.82, 2.24) is 16.0 Å². The summed E-state index contributed by atoms with van der Waals surface area (Å²) < 4.78 is 23.8. The second-order valence-corrected chi connectivity index (χ2v) is 11.1. The summed E-state index contributed by atoms with van der Waals surface area (Å²) in [4.78, 5) is 12.2. The second-order valence-electron chi connectivity index (χ2n) is 11.1. The third kappa shape index (κ3) is 8.26. The molecule has 1 amide bonds. The summed E-state index contributed by atoms with van der Waals surface area (Å²) >= 11 is 0. The summed E-state index contributed by atoms with van der Waals surface area (Å²) in [7, 11) is 1.58. The van der Waals surface area contributed by atoms with E-state index in [0.717, 1.165) is 0 Å². The lowest BCUT2D eigenvalue weighted by Gasteiger charge is -2.49. The van der Waals surface area contributed by atoms with Crippen molar-refractivity contribution in [2.24, 2.45) is 17.2 Å². The van der Waals surface area contributed by atoms with E-state index < -0.39 is 78.8 Å². The molecule has 0 aromatic carbocycles. The van der Waals surface area contributed by atoms with Gasteiger partial charge in [0, 0.05) is 19.1 Å². The molecule has 1 aliphatic carbocycles. The number of aliphatic hydroxyl groups is 5. The normalized spacial score (nSPS) is 43.3. The van der Waals surface area contributed by atoms with E-state index in [-0.39, 0.29) is 38.8 Å². The van der Waals surface area contributed by atoms with Gasteiger partial charge < -0.3 is 77.6 Å². The number of hydrogen-bond acceptors (Lipinski definition) is 15. The summed E-state index contributed by atoms with van der Waals surface area (Å²) in [5.74, 6) is -0.488. The molecule has 234 valence electrons. The molecule has 16 nitrogen and oxygen atoms in total. The van der Waals surface area contributed by atoms with Gasteiger partial charge in [0.25, 0.3) is 0 Å². The van der Waals surface area contributed by atoms with Crippen LogP contribution in [0.5, 0.6) is 0 Å². The fraction of sp³-hybridized carbons (Fsp3) is 0.958. The second kappa shape index (κ2) is 14.9. The Labute approximate surface area is 233 Å². The van der Waals surface area contributed by atoms with Crippen molar-refractivity contribution in [3.63, 3.8) is 0 Å². The molecule has 0 aromatic rings. The summed E-state index contributed by atoms with van der Waals surface area (Å²) in [5.41, 5.74) is 16.8. The van der Waals surface area contributed by atoms with Crippen molar-refractivity contribution >= 4 is 5.91 Å². The standard InChI is InChI=1S/C24H48N6O10/c1-24(36)10-37-23(18(35)21(24)28-2)40-20-15(30-16(33)6-25)5-14(27)19(17(20)34)39-22-13(26)4-3-12(38-22)8-29-7-11(32)9-31/h11-15,17-23,28-29,31-32,34-36H,3-10,25-27H2,1-2H3,(H,30,33)/t11?,12-,13+,14-,15+,17-,18+,19+,20-,21+,22+,23+,24-/m0/s1. The van der Waals surface area contributed by atoms with E-state index in [9.17, 15) is 25.2 Å². The molecule has 2 aliphatic heterocycles. The molecule has 0 bridgehead atoms. The van der Waals surface area contributed by atoms with Crippen LogP contribution in [-0.2, 0) is 23.7 Å². The molecule has 40 heavy (non-hydrogen) atoms. The van der Waals surface area contributed by atoms with Crippen LogP contribution in [-0.4, -0.2) is 150 Å². The van der Waals surface area contributed by atoms with Gasteiger partial charge in [-0.25, -0.2) is 0 Å². The highest BCUT2D eigenvalue weighted by molar-refractivity contribution is 5.78. The van der Waals surface area contributed by atoms with Gasteiger partial charge in [0.05, 0.1) is 50.1 Å². The number of carbonyl (C=O) groups is 1. The van der Waals surface area contributed by atoms with Crippen LogP contribution in [0.15, 0.2) is 0 Å². The van der Waals surface area contributed by atoms with E-state index in [1.54, 1.807) is 7.05 Å². The Hall–Kier alpha value is -1.09. The summed E-state index contributed by atoms with van der Waals surface area (Å²) in [6.45, 7) is 1.28. The third-order valence-corrected chi connectivity index (χ3v) is 7.73. The smallest absolute Gasteiger partial charge is 0.234 e. The minimum Gasteiger partial charge on any atom is -0.394 e. The molecule has 0 aromatic heterocycles. The minimum atomic E-state index is -1.40. The van der Waals surface area contributed by atoms with E-state index in [2.05, 4.69) is 16.0 Å². The number of hydrogen-bond donors (Lipinski definition) is 11. The molecule has 3 fully saturated rings. The lowest BCUT2D eigenvalue weighted by molar-refractivity contribution is -0.307. The van der Waals surface area contributed by atoms with Crippen molar-refractivity contribution in [2.75, 3.05) is 39.9 Å². The van der Waals surface area contributed by atoms with Crippen LogP contribution < -0.4 is 33.2 Å². The molecule has 2 heterocycles. The van der Waals surface area contributed by atoms with Crippen LogP contribution in [0, 0.1) is 0 Å². The van der Waals surface area contributed by atoms with Crippen molar-refractivity contribution in [1.29, 1.82) is 0 Å². The van der Waals surface area contributed by atoms with Gasteiger partial charge in [-0.15, -0.1) is 0 Å². The molecule has 13 atom stereocenters. The lowest BCUT2D eigenvalue weighted by atomic mass is 9.83. The maximum Gasteiger partial charge on any atom is 0.234 e. The number of aliphatic hydroxyl groups excluding tert-OH is 4. The molecular weight excluding hydrogens is 532 g/mol. The van der Waals surface area contributed by atoms with Gasteiger partial charge in [0.2, 0.25) is 5.91 Å². The van der Waals surface area contributed by atoms with Gasteiger partial charge >= 0.3 is 0 Å². The van der Waals surface area contributed by atoms with Crippen LogP contribution in [0.2, 0.25) is 0 Å². The minimum absolute atomic E-state index is 0.139. The van der Waals surface area contributed by atoms with E-state index in [1.807, 2.05) is 0 Å². The van der Waals surface area contributed by atoms with Gasteiger partial charge in [-0.2, -0.15) is 0 Å². The highest BCUT2D eigenvalue weighted by Gasteiger charge is 2.51. The fourth-order valence-corrected chi connectivity index (χ4v) is 5.51. The van der Waals surface area contributed by atoms with Gasteiger partial charge in [0.15, 0.2) is 12.6 Å². The Morgan fingerprint density at radius 3 is 2.48 bits per heavy atom. The maximum atomic E-state index is 12.2. The summed E-state index contributed by atoms with van der Waals surface area (Å²) in [6.07, 6.45) is -6.85. The maximum absolute atomic E-state index is 12.2. The monoisotopic (exact) mass is 580 g/mol. The lowest BCUT2D eigenvalue weighted by Crippen LogP contribution is -2.69. The van der Waals surface area contributed by atoms with E-state index in [0.29, 0.717) is 19.4 Å². The van der Waals surface area contributed by atoms with Gasteiger partial charge in [-0.1, -0.05) is 0 Å². The molecule has 3 rings (SSSR count). The predicted octanol–water partition coefficient (Wildman–Crippen LogP) is -5.88. The molecular formula is C24H48N6O10. The van der Waals surface area contributed by atoms with Crippen molar-refractivity contribution in [3.05, 3.63) is 0 Å². The first-order chi connectivity index (χ1) is 18.9. The van der Waals surface area contributed by atoms with E-state index in [1.165, 1.54) is 6.92 Å². The Morgan fingerprint density at radius 2 is 1.82 bits per heavy atom. The number of nitrogens with two attached hydrogens (primary N) is 3. The highest BCUT2D eigenvalue weighted by atomic mass is 16.7. The van der Waals surface area contributed by atoms with Crippen LogP contribution in [0.3, 0.4) is 0 Å². The van der Waals surface area contributed by atoms with Gasteiger partial charge in [-0.05, 0) is 33.2 Å². The zero-order valence-electron chi connectivity index (χ0n) is 23.1. The Kier molecular flexibility index (Phi) is 12.4. The Balaban J connectivity index is 1.72. The number of carbonyl (C=O) groups excluding carboxylic acids is 1. The zero-order valence-corrected chi connectivity index (χ0v) is 23.1. The quantitative estimate of drug-likeness (QED) is 0.103.